The van der Waals surface area contributed by atoms with Crippen LogP contribution in [0.5, 0.6) is 5.75 Å². The van der Waals surface area contributed by atoms with Crippen molar-refractivity contribution < 1.29 is 5.11 Å². The van der Waals surface area contributed by atoms with E-state index in [1.807, 2.05) is 37.3 Å². The molecule has 5 nitrogen and oxygen atoms in total. The number of hydrogen-bond donors (Lipinski definition) is 3. The lowest BCUT2D eigenvalue weighted by atomic mass is 10.1. The molecule has 0 saturated heterocycles. The van der Waals surface area contributed by atoms with E-state index >= 15 is 0 Å². The highest BCUT2D eigenvalue weighted by Crippen LogP contribution is 2.34. The Balaban J connectivity index is 1.66. The van der Waals surface area contributed by atoms with Gasteiger partial charge in [0.1, 0.15) is 12.0 Å². The summed E-state index contributed by atoms with van der Waals surface area (Å²) in [5, 5.41) is 17.1. The minimum absolute atomic E-state index is 0.0555. The number of hydrogen-bond acceptors (Lipinski definition) is 5. The lowest BCUT2D eigenvalue weighted by Crippen LogP contribution is -2.00. The molecule has 0 radical (unpaired) electrons. The molecule has 0 amide bonds. The maximum absolute atomic E-state index is 10.6. The molecule has 0 fully saturated rings. The largest absolute Gasteiger partial charge is 0.503 e. The molecule has 1 aliphatic rings. The van der Waals surface area contributed by atoms with Gasteiger partial charge in [-0.15, -0.1) is 0 Å². The number of rotatable bonds is 3. The summed E-state index contributed by atoms with van der Waals surface area (Å²) in [6, 6.07) is 14.1. The summed E-state index contributed by atoms with van der Waals surface area (Å²) in [4.78, 5) is 8.41. The molecule has 0 aliphatic carbocycles. The standard InChI is InChI=1S/C19H18N4O/c1-12-2-4-13(5-3-12)17-18(24)19(22-11-21-17)23-16-7-6-14-9-20-10-15(14)8-16/h2-8,11,20,24H,9-10H2,1H3,(H,21,22,23). The molecule has 0 unspecified atom stereocenters. The van der Waals surface area contributed by atoms with Gasteiger partial charge >= 0.3 is 0 Å². The van der Waals surface area contributed by atoms with Crippen molar-refractivity contribution in [2.45, 2.75) is 20.0 Å². The Labute approximate surface area is 140 Å². The van der Waals surface area contributed by atoms with Gasteiger partial charge in [-0.05, 0) is 30.2 Å². The molecule has 0 saturated carbocycles. The molecule has 2 heterocycles. The fraction of sp³-hybridized carbons (Fsp3) is 0.158. The van der Waals surface area contributed by atoms with E-state index in [0.717, 1.165) is 29.9 Å². The van der Waals surface area contributed by atoms with Gasteiger partial charge in [0.15, 0.2) is 11.6 Å². The van der Waals surface area contributed by atoms with E-state index in [9.17, 15) is 5.11 Å². The van der Waals surface area contributed by atoms with Crippen LogP contribution in [0.3, 0.4) is 0 Å². The van der Waals surface area contributed by atoms with Gasteiger partial charge in [-0.25, -0.2) is 9.97 Å². The summed E-state index contributed by atoms with van der Waals surface area (Å²) in [6.45, 7) is 3.81. The number of nitrogens with one attached hydrogen (secondary N) is 2. The van der Waals surface area contributed by atoms with Crippen molar-refractivity contribution in [3.05, 3.63) is 65.5 Å². The number of nitrogens with zero attached hydrogens (tertiary/aromatic N) is 2. The molecule has 0 bridgehead atoms. The molecular weight excluding hydrogens is 300 g/mol. The Morgan fingerprint density at radius 2 is 1.79 bits per heavy atom. The first kappa shape index (κ1) is 14.7. The van der Waals surface area contributed by atoms with Crippen molar-refractivity contribution in [1.82, 2.24) is 15.3 Å². The summed E-state index contributed by atoms with van der Waals surface area (Å²) in [5.41, 5.74) is 6.04. The number of aryl methyl sites for hydroxylation is 1. The van der Waals surface area contributed by atoms with Gasteiger partial charge in [-0.3, -0.25) is 0 Å². The molecule has 3 aromatic rings. The van der Waals surface area contributed by atoms with E-state index in [0.29, 0.717) is 11.5 Å². The van der Waals surface area contributed by atoms with Crippen molar-refractivity contribution in [3.63, 3.8) is 0 Å². The average molecular weight is 318 g/mol. The Hall–Kier alpha value is -2.92. The van der Waals surface area contributed by atoms with Crippen molar-refractivity contribution in [2.75, 3.05) is 5.32 Å². The van der Waals surface area contributed by atoms with Crippen molar-refractivity contribution >= 4 is 11.5 Å². The van der Waals surface area contributed by atoms with Gasteiger partial charge < -0.3 is 15.7 Å². The number of benzene rings is 2. The monoisotopic (exact) mass is 318 g/mol. The van der Waals surface area contributed by atoms with Crippen LogP contribution in [0.2, 0.25) is 0 Å². The summed E-state index contributed by atoms with van der Waals surface area (Å²) in [6.07, 6.45) is 1.46. The van der Waals surface area contributed by atoms with Crippen LogP contribution < -0.4 is 10.6 Å². The maximum Gasteiger partial charge on any atom is 0.185 e. The van der Waals surface area contributed by atoms with Crippen LogP contribution in [-0.4, -0.2) is 15.1 Å². The Morgan fingerprint density at radius 3 is 2.62 bits per heavy atom. The number of aromatic hydroxyl groups is 1. The van der Waals surface area contributed by atoms with Crippen LogP contribution in [0.4, 0.5) is 11.5 Å². The molecule has 0 spiro atoms. The molecular formula is C19H18N4O. The second-order valence-corrected chi connectivity index (χ2v) is 6.00. The summed E-state index contributed by atoms with van der Waals surface area (Å²) < 4.78 is 0. The van der Waals surface area contributed by atoms with Crippen LogP contribution in [0.25, 0.3) is 11.3 Å². The summed E-state index contributed by atoms with van der Waals surface area (Å²) in [5.74, 6) is 0.464. The zero-order valence-corrected chi connectivity index (χ0v) is 13.4. The van der Waals surface area contributed by atoms with E-state index in [1.165, 1.54) is 17.5 Å². The van der Waals surface area contributed by atoms with Crippen LogP contribution >= 0.6 is 0 Å². The predicted octanol–water partition coefficient (Wildman–Crippen LogP) is 3.50. The predicted molar refractivity (Wildman–Crippen MR) is 94.1 cm³/mol. The molecule has 0 atom stereocenters. The van der Waals surface area contributed by atoms with Gasteiger partial charge in [0.25, 0.3) is 0 Å². The van der Waals surface area contributed by atoms with Crippen molar-refractivity contribution in [3.8, 4) is 17.0 Å². The van der Waals surface area contributed by atoms with Gasteiger partial charge in [0, 0.05) is 24.3 Å². The quantitative estimate of drug-likeness (QED) is 0.689. The maximum atomic E-state index is 10.6. The highest BCUT2D eigenvalue weighted by molar-refractivity contribution is 5.74. The van der Waals surface area contributed by atoms with Crippen LogP contribution in [0, 0.1) is 6.92 Å². The van der Waals surface area contributed by atoms with Crippen LogP contribution in [0.15, 0.2) is 48.8 Å². The fourth-order valence-corrected chi connectivity index (χ4v) is 2.90. The first-order valence-corrected chi connectivity index (χ1v) is 7.91. The molecule has 120 valence electrons. The lowest BCUT2D eigenvalue weighted by molar-refractivity contribution is 0.475. The molecule has 3 N–H and O–H groups in total. The number of anilines is 2. The summed E-state index contributed by atoms with van der Waals surface area (Å²) >= 11 is 0. The zero-order chi connectivity index (χ0) is 16.5. The smallest absolute Gasteiger partial charge is 0.185 e. The minimum Gasteiger partial charge on any atom is -0.503 e. The van der Waals surface area contributed by atoms with Gasteiger partial charge in [0.05, 0.1) is 0 Å². The highest BCUT2D eigenvalue weighted by Gasteiger charge is 2.14. The van der Waals surface area contributed by atoms with E-state index in [-0.39, 0.29) is 5.75 Å². The third-order valence-electron chi connectivity index (χ3n) is 4.25. The molecule has 1 aromatic heterocycles. The SMILES string of the molecule is Cc1ccc(-c2ncnc(Nc3ccc4c(c3)CNC4)c2O)cc1. The molecule has 1 aliphatic heterocycles. The van der Waals surface area contributed by atoms with E-state index in [4.69, 9.17) is 0 Å². The van der Waals surface area contributed by atoms with Crippen LogP contribution in [-0.2, 0) is 13.1 Å². The topological polar surface area (TPSA) is 70.1 Å². The van der Waals surface area contributed by atoms with E-state index in [2.05, 4.69) is 32.7 Å². The van der Waals surface area contributed by atoms with Crippen molar-refractivity contribution in [1.29, 1.82) is 0 Å². The lowest BCUT2D eigenvalue weighted by Gasteiger charge is -2.11. The number of aromatic nitrogens is 2. The first-order valence-electron chi connectivity index (χ1n) is 7.91. The Kier molecular flexibility index (Phi) is 3.63. The van der Waals surface area contributed by atoms with E-state index in [1.54, 1.807) is 0 Å². The third-order valence-corrected chi connectivity index (χ3v) is 4.25. The molecule has 24 heavy (non-hydrogen) atoms. The number of fused-ring (bicyclic) bond motifs is 1. The van der Waals surface area contributed by atoms with Gasteiger partial charge in [-0.2, -0.15) is 0 Å². The second-order valence-electron chi connectivity index (χ2n) is 6.00. The second kappa shape index (κ2) is 5.94. The van der Waals surface area contributed by atoms with Crippen LogP contribution in [0.1, 0.15) is 16.7 Å². The third kappa shape index (κ3) is 2.70. The molecule has 5 heteroatoms. The molecule has 2 aromatic carbocycles. The highest BCUT2D eigenvalue weighted by atomic mass is 16.3. The normalized spacial score (nSPS) is 12.9. The van der Waals surface area contributed by atoms with Crippen molar-refractivity contribution in [2.24, 2.45) is 0 Å². The Morgan fingerprint density at radius 1 is 1.00 bits per heavy atom. The van der Waals surface area contributed by atoms with Gasteiger partial charge in [0.2, 0.25) is 0 Å². The average Bonchev–Trinajstić information content (AvgIpc) is 3.05. The van der Waals surface area contributed by atoms with Gasteiger partial charge in [-0.1, -0.05) is 35.9 Å². The molecule has 4 rings (SSSR count). The summed E-state index contributed by atoms with van der Waals surface area (Å²) in [7, 11) is 0. The van der Waals surface area contributed by atoms with E-state index < -0.39 is 0 Å². The minimum atomic E-state index is 0.0555. The Bertz CT molecular complexity index is 890. The first-order chi connectivity index (χ1) is 11.7. The fourth-order valence-electron chi connectivity index (χ4n) is 2.90. The zero-order valence-electron chi connectivity index (χ0n) is 13.4.